The van der Waals surface area contributed by atoms with Crippen molar-refractivity contribution in [1.82, 2.24) is 14.6 Å². The third-order valence-corrected chi connectivity index (χ3v) is 3.18. The van der Waals surface area contributed by atoms with Crippen molar-refractivity contribution < 1.29 is 5.11 Å². The Morgan fingerprint density at radius 1 is 1.20 bits per heavy atom. The van der Waals surface area contributed by atoms with Crippen LogP contribution < -0.4 is 5.32 Å². The summed E-state index contributed by atoms with van der Waals surface area (Å²) in [6, 6.07) is 11.3. The number of nitrogens with one attached hydrogen (secondary N) is 1. The molecule has 2 aromatic heterocycles. The maximum absolute atomic E-state index is 9.25. The Bertz CT molecular complexity index is 718. The monoisotopic (exact) mass is 268 g/mol. The molecule has 0 saturated heterocycles. The van der Waals surface area contributed by atoms with Gasteiger partial charge in [-0.3, -0.25) is 0 Å². The van der Waals surface area contributed by atoms with Gasteiger partial charge in [-0.05, 0) is 48.7 Å². The van der Waals surface area contributed by atoms with Crippen LogP contribution in [0.5, 0.6) is 5.75 Å². The number of phenolic OH excluding ortho intramolecular Hbond substituents is 1. The van der Waals surface area contributed by atoms with E-state index in [-0.39, 0.29) is 0 Å². The predicted molar refractivity (Wildman–Crippen MR) is 78.0 cm³/mol. The molecule has 0 bridgehead atoms. The van der Waals surface area contributed by atoms with Crippen molar-refractivity contribution in [3.8, 4) is 5.75 Å². The molecular weight excluding hydrogens is 252 g/mol. The SMILES string of the molecule is Cc1cc(NCCc2ccc(O)cc2)n2ncnc2c1. The Morgan fingerprint density at radius 3 is 2.80 bits per heavy atom. The molecule has 5 heteroatoms. The number of hydrogen-bond donors (Lipinski definition) is 2. The minimum Gasteiger partial charge on any atom is -0.508 e. The summed E-state index contributed by atoms with van der Waals surface area (Å²) in [5.74, 6) is 1.24. The largest absolute Gasteiger partial charge is 0.508 e. The van der Waals surface area contributed by atoms with Gasteiger partial charge in [-0.15, -0.1) is 0 Å². The minimum atomic E-state index is 0.296. The van der Waals surface area contributed by atoms with Gasteiger partial charge in [-0.25, -0.2) is 4.98 Å². The maximum Gasteiger partial charge on any atom is 0.157 e. The lowest BCUT2D eigenvalue weighted by Crippen LogP contribution is -2.09. The highest BCUT2D eigenvalue weighted by atomic mass is 16.3. The van der Waals surface area contributed by atoms with E-state index >= 15 is 0 Å². The van der Waals surface area contributed by atoms with E-state index in [1.807, 2.05) is 25.1 Å². The lowest BCUT2D eigenvalue weighted by atomic mass is 10.1. The molecule has 0 aliphatic heterocycles. The second kappa shape index (κ2) is 5.21. The molecule has 0 radical (unpaired) electrons. The van der Waals surface area contributed by atoms with Crippen molar-refractivity contribution in [3.63, 3.8) is 0 Å². The van der Waals surface area contributed by atoms with Gasteiger partial charge in [-0.1, -0.05) is 12.1 Å². The van der Waals surface area contributed by atoms with Gasteiger partial charge in [-0.2, -0.15) is 9.61 Å². The average molecular weight is 268 g/mol. The topological polar surface area (TPSA) is 62.5 Å². The van der Waals surface area contributed by atoms with Crippen LogP contribution in [-0.2, 0) is 6.42 Å². The van der Waals surface area contributed by atoms with Crippen LogP contribution in [0.3, 0.4) is 0 Å². The molecule has 0 atom stereocenters. The number of aromatic hydroxyl groups is 1. The zero-order valence-corrected chi connectivity index (χ0v) is 11.2. The van der Waals surface area contributed by atoms with E-state index in [2.05, 4.69) is 21.5 Å². The summed E-state index contributed by atoms with van der Waals surface area (Å²) < 4.78 is 1.80. The average Bonchev–Trinajstić information content (AvgIpc) is 2.89. The second-order valence-electron chi connectivity index (χ2n) is 4.79. The van der Waals surface area contributed by atoms with Gasteiger partial charge < -0.3 is 10.4 Å². The normalized spacial score (nSPS) is 10.8. The number of hydrogen-bond acceptors (Lipinski definition) is 4. The first-order valence-electron chi connectivity index (χ1n) is 6.54. The first-order valence-corrected chi connectivity index (χ1v) is 6.54. The molecule has 0 aliphatic carbocycles. The van der Waals surface area contributed by atoms with Crippen molar-refractivity contribution >= 4 is 11.5 Å². The summed E-state index contributed by atoms with van der Waals surface area (Å²) in [5, 5.41) is 16.8. The summed E-state index contributed by atoms with van der Waals surface area (Å²) >= 11 is 0. The Hall–Kier alpha value is -2.56. The van der Waals surface area contributed by atoms with Crippen LogP contribution in [-0.4, -0.2) is 26.2 Å². The van der Waals surface area contributed by atoms with E-state index in [4.69, 9.17) is 0 Å². The van der Waals surface area contributed by atoms with Crippen LogP contribution in [0.4, 0.5) is 5.82 Å². The molecular formula is C15H16N4O. The number of rotatable bonds is 4. The summed E-state index contributed by atoms with van der Waals surface area (Å²) in [4.78, 5) is 4.20. The van der Waals surface area contributed by atoms with Gasteiger partial charge in [0.1, 0.15) is 17.9 Å². The van der Waals surface area contributed by atoms with Crippen LogP contribution in [0, 0.1) is 6.92 Å². The van der Waals surface area contributed by atoms with Crippen molar-refractivity contribution in [2.45, 2.75) is 13.3 Å². The number of nitrogens with zero attached hydrogens (tertiary/aromatic N) is 3. The van der Waals surface area contributed by atoms with Crippen LogP contribution in [0.15, 0.2) is 42.7 Å². The van der Waals surface area contributed by atoms with E-state index in [0.717, 1.165) is 30.0 Å². The molecule has 3 rings (SSSR count). The smallest absolute Gasteiger partial charge is 0.157 e. The molecule has 0 aliphatic rings. The van der Waals surface area contributed by atoms with Crippen LogP contribution >= 0.6 is 0 Å². The van der Waals surface area contributed by atoms with Crippen molar-refractivity contribution in [1.29, 1.82) is 0 Å². The molecule has 0 fully saturated rings. The van der Waals surface area contributed by atoms with Crippen molar-refractivity contribution in [2.75, 3.05) is 11.9 Å². The Balaban J connectivity index is 1.70. The second-order valence-corrected chi connectivity index (χ2v) is 4.79. The van der Waals surface area contributed by atoms with E-state index in [9.17, 15) is 5.11 Å². The lowest BCUT2D eigenvalue weighted by Gasteiger charge is -2.09. The number of aryl methyl sites for hydroxylation is 1. The Morgan fingerprint density at radius 2 is 2.00 bits per heavy atom. The molecule has 0 spiro atoms. The van der Waals surface area contributed by atoms with Gasteiger partial charge in [0.25, 0.3) is 0 Å². The summed E-state index contributed by atoms with van der Waals surface area (Å²) in [6.45, 7) is 2.84. The first-order chi connectivity index (χ1) is 9.72. The number of benzene rings is 1. The zero-order valence-electron chi connectivity index (χ0n) is 11.2. The minimum absolute atomic E-state index is 0.296. The van der Waals surface area contributed by atoms with Gasteiger partial charge in [0.15, 0.2) is 5.65 Å². The molecule has 5 nitrogen and oxygen atoms in total. The van der Waals surface area contributed by atoms with Gasteiger partial charge in [0.05, 0.1) is 0 Å². The van der Waals surface area contributed by atoms with Crippen LogP contribution in [0.2, 0.25) is 0 Å². The summed E-state index contributed by atoms with van der Waals surface area (Å²) in [6.07, 6.45) is 2.43. The van der Waals surface area contributed by atoms with Gasteiger partial charge in [0, 0.05) is 6.54 Å². The highest BCUT2D eigenvalue weighted by Gasteiger charge is 2.03. The number of aromatic nitrogens is 3. The number of pyridine rings is 1. The first kappa shape index (κ1) is 12.5. The Kier molecular flexibility index (Phi) is 3.25. The fourth-order valence-corrected chi connectivity index (χ4v) is 2.18. The highest BCUT2D eigenvalue weighted by molar-refractivity contribution is 5.51. The highest BCUT2D eigenvalue weighted by Crippen LogP contribution is 2.14. The van der Waals surface area contributed by atoms with Crippen molar-refractivity contribution in [2.24, 2.45) is 0 Å². The van der Waals surface area contributed by atoms with Gasteiger partial charge in [0.2, 0.25) is 0 Å². The quantitative estimate of drug-likeness (QED) is 0.762. The zero-order chi connectivity index (χ0) is 13.9. The predicted octanol–water partition coefficient (Wildman–Crippen LogP) is 2.40. The van der Waals surface area contributed by atoms with E-state index in [1.165, 1.54) is 5.56 Å². The fraction of sp³-hybridized carbons (Fsp3) is 0.200. The number of fused-ring (bicyclic) bond motifs is 1. The van der Waals surface area contributed by atoms with Crippen molar-refractivity contribution in [3.05, 3.63) is 53.9 Å². The standard InChI is InChI=1S/C15H16N4O/c1-11-8-14(19-15(9-11)17-10-18-19)16-7-6-12-2-4-13(20)5-3-12/h2-5,8-10,16,20H,6-7H2,1H3. The molecule has 1 aromatic carbocycles. The number of anilines is 1. The fourth-order valence-electron chi connectivity index (χ4n) is 2.18. The molecule has 2 N–H and O–H groups in total. The summed E-state index contributed by atoms with van der Waals surface area (Å²) in [5.41, 5.74) is 3.17. The van der Waals surface area contributed by atoms with Gasteiger partial charge >= 0.3 is 0 Å². The van der Waals surface area contributed by atoms with E-state index < -0.39 is 0 Å². The molecule has 0 unspecified atom stereocenters. The molecule has 0 amide bonds. The molecule has 0 saturated carbocycles. The molecule has 20 heavy (non-hydrogen) atoms. The summed E-state index contributed by atoms with van der Waals surface area (Å²) in [7, 11) is 0. The van der Waals surface area contributed by atoms with Crippen LogP contribution in [0.1, 0.15) is 11.1 Å². The van der Waals surface area contributed by atoms with E-state index in [1.54, 1.807) is 23.0 Å². The third-order valence-electron chi connectivity index (χ3n) is 3.18. The van der Waals surface area contributed by atoms with E-state index in [0.29, 0.717) is 5.75 Å². The maximum atomic E-state index is 9.25. The lowest BCUT2D eigenvalue weighted by molar-refractivity contribution is 0.475. The molecule has 3 aromatic rings. The third kappa shape index (κ3) is 2.56. The molecule has 102 valence electrons. The molecule has 2 heterocycles. The Labute approximate surface area is 116 Å². The van der Waals surface area contributed by atoms with Crippen LogP contribution in [0.25, 0.3) is 5.65 Å². The number of phenols is 1.